The van der Waals surface area contributed by atoms with Crippen molar-refractivity contribution < 1.29 is 39.0 Å². The molecule has 1 aliphatic heterocycles. The number of nitrogens with zero attached hydrogens (tertiary/aromatic N) is 4. The number of phosphoric acid groups is 1. The molecule has 160 valence electrons. The Morgan fingerprint density at radius 2 is 2.14 bits per heavy atom. The number of aliphatic hydroxyl groups excluding tert-OH is 2. The number of aromatic nitrogens is 4. The van der Waals surface area contributed by atoms with E-state index in [2.05, 4.69) is 26.1 Å². The summed E-state index contributed by atoms with van der Waals surface area (Å²) in [6, 6.07) is 0. The summed E-state index contributed by atoms with van der Waals surface area (Å²) >= 11 is 0. The minimum Gasteiger partial charge on any atom is -0.387 e. The molecule has 14 heteroatoms. The lowest BCUT2D eigenvalue weighted by molar-refractivity contribution is -0.149. The minimum atomic E-state index is -4.81. The highest BCUT2D eigenvalue weighted by molar-refractivity contribution is 7.46. The number of hydrogen-bond acceptors (Lipinski definition) is 10. The lowest BCUT2D eigenvalue weighted by Crippen LogP contribution is -2.45. The SMILES string of the molecule is C=C(C)CC[C@@]1(n2cnc3c(NO)ncnc32)O[C@H](COP(=O)(O)O)[C@@H](O)[C@H]1O. The molecule has 29 heavy (non-hydrogen) atoms. The second kappa shape index (κ2) is 8.05. The van der Waals surface area contributed by atoms with Crippen molar-refractivity contribution in [1.82, 2.24) is 19.5 Å². The molecule has 13 nitrogen and oxygen atoms in total. The van der Waals surface area contributed by atoms with Crippen molar-refractivity contribution in [2.75, 3.05) is 12.1 Å². The molecule has 4 atom stereocenters. The molecule has 0 amide bonds. The predicted molar refractivity (Wildman–Crippen MR) is 97.6 cm³/mol. The number of allylic oxidation sites excluding steroid dienone is 1. The van der Waals surface area contributed by atoms with E-state index in [1.165, 1.54) is 10.9 Å². The van der Waals surface area contributed by atoms with Gasteiger partial charge in [0.15, 0.2) is 22.7 Å². The normalized spacial score (nSPS) is 27.4. The van der Waals surface area contributed by atoms with Gasteiger partial charge < -0.3 is 24.7 Å². The van der Waals surface area contributed by atoms with E-state index in [1.807, 2.05) is 5.48 Å². The zero-order valence-corrected chi connectivity index (χ0v) is 16.3. The number of anilines is 1. The van der Waals surface area contributed by atoms with Crippen LogP contribution in [0.4, 0.5) is 5.82 Å². The molecule has 2 aromatic rings. The molecule has 6 N–H and O–H groups in total. The zero-order valence-electron chi connectivity index (χ0n) is 15.4. The van der Waals surface area contributed by atoms with Crippen LogP contribution in [0.2, 0.25) is 0 Å². The third-order valence-corrected chi connectivity index (χ3v) is 5.17. The fourth-order valence-electron chi connectivity index (χ4n) is 3.29. The van der Waals surface area contributed by atoms with Gasteiger partial charge in [0, 0.05) is 6.42 Å². The molecule has 0 saturated carbocycles. The van der Waals surface area contributed by atoms with Gasteiger partial charge in [-0.05, 0) is 13.3 Å². The maximum absolute atomic E-state index is 11.0. The van der Waals surface area contributed by atoms with Crippen LogP contribution < -0.4 is 5.48 Å². The fourth-order valence-corrected chi connectivity index (χ4v) is 3.63. The molecule has 0 aromatic carbocycles. The molecular weight excluding hydrogens is 409 g/mol. The Morgan fingerprint density at radius 1 is 1.41 bits per heavy atom. The Bertz CT molecular complexity index is 948. The predicted octanol–water partition coefficient (Wildman–Crippen LogP) is -0.134. The van der Waals surface area contributed by atoms with Crippen molar-refractivity contribution in [2.24, 2.45) is 0 Å². The summed E-state index contributed by atoms with van der Waals surface area (Å²) in [5.41, 5.74) is 1.48. The molecular formula is C15H22N5O8P. The van der Waals surface area contributed by atoms with Gasteiger partial charge in [-0.2, -0.15) is 0 Å². The van der Waals surface area contributed by atoms with Crippen LogP contribution in [-0.4, -0.2) is 69.6 Å². The molecule has 1 aliphatic rings. The second-order valence-electron chi connectivity index (χ2n) is 6.80. The van der Waals surface area contributed by atoms with Gasteiger partial charge in [-0.25, -0.2) is 19.5 Å². The second-order valence-corrected chi connectivity index (χ2v) is 8.04. The van der Waals surface area contributed by atoms with Crippen molar-refractivity contribution in [3.05, 3.63) is 24.8 Å². The lowest BCUT2D eigenvalue weighted by Gasteiger charge is -2.34. The largest absolute Gasteiger partial charge is 0.469 e. The average Bonchev–Trinajstić information content (AvgIpc) is 3.19. The van der Waals surface area contributed by atoms with Crippen molar-refractivity contribution >= 4 is 24.8 Å². The van der Waals surface area contributed by atoms with Crippen LogP contribution in [0.5, 0.6) is 0 Å². The van der Waals surface area contributed by atoms with Crippen LogP contribution in [0.3, 0.4) is 0 Å². The van der Waals surface area contributed by atoms with Crippen LogP contribution >= 0.6 is 7.82 Å². The van der Waals surface area contributed by atoms with Crippen LogP contribution in [0, 0.1) is 0 Å². The van der Waals surface area contributed by atoms with Crippen LogP contribution in [0.1, 0.15) is 19.8 Å². The van der Waals surface area contributed by atoms with Gasteiger partial charge >= 0.3 is 7.82 Å². The summed E-state index contributed by atoms with van der Waals surface area (Å²) in [6.07, 6.45) is -1.25. The number of phosphoric ester groups is 1. The van der Waals surface area contributed by atoms with Crippen molar-refractivity contribution in [3.8, 4) is 0 Å². The minimum absolute atomic E-state index is 0.0261. The number of rotatable bonds is 8. The Balaban J connectivity index is 2.05. The molecule has 2 aromatic heterocycles. The monoisotopic (exact) mass is 431 g/mol. The highest BCUT2D eigenvalue weighted by Crippen LogP contribution is 2.44. The Hall–Kier alpha value is -1.96. The first kappa shape index (κ1) is 21.7. The summed E-state index contributed by atoms with van der Waals surface area (Å²) in [4.78, 5) is 30.0. The van der Waals surface area contributed by atoms with E-state index >= 15 is 0 Å². The first-order chi connectivity index (χ1) is 13.6. The van der Waals surface area contributed by atoms with E-state index in [0.717, 1.165) is 11.9 Å². The van der Waals surface area contributed by atoms with Gasteiger partial charge in [0.1, 0.15) is 24.6 Å². The van der Waals surface area contributed by atoms with E-state index in [9.17, 15) is 20.0 Å². The van der Waals surface area contributed by atoms with Crippen molar-refractivity contribution in [1.29, 1.82) is 0 Å². The van der Waals surface area contributed by atoms with Gasteiger partial charge in [0.2, 0.25) is 0 Å². The van der Waals surface area contributed by atoms with Crippen LogP contribution in [0.25, 0.3) is 11.2 Å². The molecule has 0 radical (unpaired) electrons. The Morgan fingerprint density at radius 3 is 2.76 bits per heavy atom. The van der Waals surface area contributed by atoms with Crippen molar-refractivity contribution in [3.63, 3.8) is 0 Å². The fraction of sp³-hybridized carbons (Fsp3) is 0.533. The zero-order chi connectivity index (χ0) is 21.4. The summed E-state index contributed by atoms with van der Waals surface area (Å²) in [5.74, 6) is 0.0261. The maximum Gasteiger partial charge on any atom is 0.469 e. The molecule has 1 fully saturated rings. The summed E-state index contributed by atoms with van der Waals surface area (Å²) in [5, 5.41) is 30.6. The molecule has 0 unspecified atom stereocenters. The van der Waals surface area contributed by atoms with E-state index in [-0.39, 0.29) is 23.4 Å². The lowest BCUT2D eigenvalue weighted by atomic mass is 9.95. The van der Waals surface area contributed by atoms with E-state index < -0.39 is 38.5 Å². The topological polar surface area (TPSA) is 192 Å². The van der Waals surface area contributed by atoms with Crippen LogP contribution in [-0.2, 0) is 19.6 Å². The number of ether oxygens (including phenoxy) is 1. The Kier molecular flexibility index (Phi) is 6.03. The van der Waals surface area contributed by atoms with Crippen LogP contribution in [0.15, 0.2) is 24.8 Å². The summed E-state index contributed by atoms with van der Waals surface area (Å²) in [7, 11) is -4.81. The Labute approximate surface area is 164 Å². The molecule has 3 rings (SSSR count). The molecule has 1 saturated heterocycles. The van der Waals surface area contributed by atoms with Gasteiger partial charge in [0.25, 0.3) is 0 Å². The molecule has 0 bridgehead atoms. The van der Waals surface area contributed by atoms with Gasteiger partial charge in [-0.15, -0.1) is 6.58 Å². The first-order valence-corrected chi connectivity index (χ1v) is 10.1. The molecule has 3 heterocycles. The number of hydrogen-bond donors (Lipinski definition) is 6. The summed E-state index contributed by atoms with van der Waals surface area (Å²) < 4.78 is 22.8. The first-order valence-electron chi connectivity index (χ1n) is 8.56. The summed E-state index contributed by atoms with van der Waals surface area (Å²) in [6.45, 7) is 4.96. The van der Waals surface area contributed by atoms with Gasteiger partial charge in [0.05, 0.1) is 12.9 Å². The highest BCUT2D eigenvalue weighted by atomic mass is 31.2. The number of imidazole rings is 1. The van der Waals surface area contributed by atoms with Gasteiger partial charge in [-0.1, -0.05) is 5.57 Å². The smallest absolute Gasteiger partial charge is 0.387 e. The third kappa shape index (κ3) is 4.17. The standard InChI is InChI=1S/C15H22N5O8P/c1-8(2)3-4-15(12(22)11(21)9(28-15)5-27-29(24,25)26)20-7-18-10-13(19-23)16-6-17-14(10)20/h6-7,9,11-12,21-23H,1,3-5H2,2H3,(H,16,17,19)(H2,24,25,26)/t9-,11-,12-,15-/m1/s1. The van der Waals surface area contributed by atoms with E-state index in [1.54, 1.807) is 6.92 Å². The molecule has 0 aliphatic carbocycles. The molecule has 0 spiro atoms. The third-order valence-electron chi connectivity index (χ3n) is 4.69. The van der Waals surface area contributed by atoms with Crippen molar-refractivity contribution in [2.45, 2.75) is 43.8 Å². The van der Waals surface area contributed by atoms with E-state index in [0.29, 0.717) is 6.42 Å². The quantitative estimate of drug-likeness (QED) is 0.184. The average molecular weight is 431 g/mol. The maximum atomic E-state index is 11.0. The highest BCUT2D eigenvalue weighted by Gasteiger charge is 2.56. The number of nitrogens with one attached hydrogen (secondary N) is 1. The van der Waals surface area contributed by atoms with E-state index in [4.69, 9.17) is 14.5 Å². The number of aliphatic hydroxyl groups is 2. The number of fused-ring (bicyclic) bond motifs is 1. The van der Waals surface area contributed by atoms with Gasteiger partial charge in [-0.3, -0.25) is 19.8 Å².